The number of fused-ring (bicyclic) bond motifs is 5. The van der Waals surface area contributed by atoms with E-state index >= 15 is 0 Å². The minimum atomic E-state index is -0.104. The van der Waals surface area contributed by atoms with E-state index in [9.17, 15) is 0 Å². The lowest BCUT2D eigenvalue weighted by Crippen LogP contribution is -2.16. The van der Waals surface area contributed by atoms with Crippen LogP contribution in [0.5, 0.6) is 0 Å². The zero-order chi connectivity index (χ0) is 31.5. The Morgan fingerprint density at radius 3 is 2.06 bits per heavy atom. The predicted octanol–water partition coefficient (Wildman–Crippen LogP) is 12.1. The molecule has 1 aromatic heterocycles. The van der Waals surface area contributed by atoms with Crippen LogP contribution in [0.2, 0.25) is 0 Å². The van der Waals surface area contributed by atoms with Crippen LogP contribution in [0, 0.1) is 0 Å². The molecular formula is C44H32N2O. The van der Waals surface area contributed by atoms with Crippen LogP contribution < -0.4 is 4.90 Å². The molecule has 224 valence electrons. The first kappa shape index (κ1) is 27.4. The first-order valence-electron chi connectivity index (χ1n) is 16.1. The van der Waals surface area contributed by atoms with E-state index in [1.165, 1.54) is 44.2 Å². The maximum atomic E-state index is 6.31. The fourth-order valence-electron chi connectivity index (χ4n) is 7.28. The van der Waals surface area contributed by atoms with E-state index in [-0.39, 0.29) is 5.41 Å². The second kappa shape index (κ2) is 10.6. The number of hydrogen-bond acceptors (Lipinski definition) is 3. The Morgan fingerprint density at radius 1 is 0.532 bits per heavy atom. The quantitative estimate of drug-likeness (QED) is 0.196. The van der Waals surface area contributed by atoms with Gasteiger partial charge in [-0.1, -0.05) is 123 Å². The van der Waals surface area contributed by atoms with Crippen molar-refractivity contribution in [3.05, 3.63) is 169 Å². The first-order chi connectivity index (χ1) is 23.0. The molecule has 3 nitrogen and oxygen atoms in total. The Labute approximate surface area is 274 Å². The summed E-state index contributed by atoms with van der Waals surface area (Å²) >= 11 is 0. The fraction of sp³-hybridized carbons (Fsp3) is 0.0682. The summed E-state index contributed by atoms with van der Waals surface area (Å²) in [6.45, 7) is 4.66. The van der Waals surface area contributed by atoms with Gasteiger partial charge in [-0.2, -0.15) is 0 Å². The topological polar surface area (TPSA) is 29.3 Å². The fourth-order valence-corrected chi connectivity index (χ4v) is 7.28. The molecule has 0 fully saturated rings. The van der Waals surface area contributed by atoms with Crippen molar-refractivity contribution < 1.29 is 4.42 Å². The monoisotopic (exact) mass is 604 g/mol. The van der Waals surface area contributed by atoms with Crippen LogP contribution in [0.1, 0.15) is 25.0 Å². The highest BCUT2D eigenvalue weighted by atomic mass is 16.3. The highest BCUT2D eigenvalue weighted by Crippen LogP contribution is 2.51. The summed E-state index contributed by atoms with van der Waals surface area (Å²) in [5, 5.41) is 2.39. The van der Waals surface area contributed by atoms with Gasteiger partial charge in [0.05, 0.1) is 5.69 Å². The molecule has 0 saturated heterocycles. The molecule has 8 aromatic rings. The molecule has 3 heteroatoms. The van der Waals surface area contributed by atoms with Gasteiger partial charge in [0.1, 0.15) is 5.52 Å². The van der Waals surface area contributed by atoms with Gasteiger partial charge < -0.3 is 9.32 Å². The molecule has 1 aliphatic carbocycles. The number of anilines is 3. The molecule has 1 heterocycles. The molecule has 0 amide bonds. The molecule has 0 aliphatic heterocycles. The van der Waals surface area contributed by atoms with E-state index in [4.69, 9.17) is 9.40 Å². The maximum Gasteiger partial charge on any atom is 0.227 e. The smallest absolute Gasteiger partial charge is 0.227 e. The standard InChI is InChI=1S/C44H32N2O/c1-44(2)38-17-9-8-16-36(38)37-25-23-33(27-39(37)44)46(41-18-10-14-31-13-6-7-15-35(31)41)34-24-26-42-40(28-34)45-43(47-42)32-21-19-30(20-22-32)29-11-4-3-5-12-29/h3-28H,1-2H3. The molecule has 7 aromatic carbocycles. The first-order valence-corrected chi connectivity index (χ1v) is 16.1. The van der Waals surface area contributed by atoms with E-state index < -0.39 is 0 Å². The van der Waals surface area contributed by atoms with Crippen molar-refractivity contribution in [2.24, 2.45) is 0 Å². The van der Waals surface area contributed by atoms with Crippen LogP contribution in [-0.2, 0) is 5.41 Å². The summed E-state index contributed by atoms with van der Waals surface area (Å²) < 4.78 is 6.31. The number of aromatic nitrogens is 1. The molecule has 0 radical (unpaired) electrons. The summed E-state index contributed by atoms with van der Waals surface area (Å²) in [6.07, 6.45) is 0. The Hall–Kier alpha value is -5.93. The third-order valence-corrected chi connectivity index (χ3v) is 9.70. The van der Waals surface area contributed by atoms with Crippen molar-refractivity contribution in [2.45, 2.75) is 19.3 Å². The van der Waals surface area contributed by atoms with Crippen LogP contribution >= 0.6 is 0 Å². The zero-order valence-electron chi connectivity index (χ0n) is 26.3. The van der Waals surface area contributed by atoms with E-state index in [0.717, 1.165) is 33.7 Å². The highest BCUT2D eigenvalue weighted by Gasteiger charge is 2.35. The van der Waals surface area contributed by atoms with Crippen molar-refractivity contribution in [1.29, 1.82) is 0 Å². The van der Waals surface area contributed by atoms with Gasteiger partial charge in [0.15, 0.2) is 5.58 Å². The van der Waals surface area contributed by atoms with Gasteiger partial charge in [-0.3, -0.25) is 0 Å². The van der Waals surface area contributed by atoms with Gasteiger partial charge in [0.25, 0.3) is 0 Å². The minimum Gasteiger partial charge on any atom is -0.436 e. The average Bonchev–Trinajstić information content (AvgIpc) is 3.65. The Kier molecular flexibility index (Phi) is 6.16. The lowest BCUT2D eigenvalue weighted by atomic mass is 9.82. The summed E-state index contributed by atoms with van der Waals surface area (Å²) in [6, 6.07) is 56.0. The molecule has 0 bridgehead atoms. The van der Waals surface area contributed by atoms with Crippen molar-refractivity contribution in [1.82, 2.24) is 4.98 Å². The van der Waals surface area contributed by atoms with E-state index in [1.54, 1.807) is 0 Å². The van der Waals surface area contributed by atoms with Gasteiger partial charge in [-0.25, -0.2) is 4.98 Å². The summed E-state index contributed by atoms with van der Waals surface area (Å²) in [5.41, 5.74) is 13.4. The zero-order valence-corrected chi connectivity index (χ0v) is 26.3. The molecule has 0 spiro atoms. The van der Waals surface area contributed by atoms with Crippen molar-refractivity contribution >= 4 is 38.9 Å². The largest absolute Gasteiger partial charge is 0.436 e. The summed E-state index contributed by atoms with van der Waals surface area (Å²) in [4.78, 5) is 7.36. The molecular weight excluding hydrogens is 572 g/mol. The van der Waals surface area contributed by atoms with Crippen molar-refractivity contribution in [3.63, 3.8) is 0 Å². The van der Waals surface area contributed by atoms with Crippen LogP contribution in [0.4, 0.5) is 17.1 Å². The molecule has 9 rings (SSSR count). The van der Waals surface area contributed by atoms with Crippen LogP contribution in [-0.4, -0.2) is 4.98 Å². The average molecular weight is 605 g/mol. The predicted molar refractivity (Wildman–Crippen MR) is 195 cm³/mol. The summed E-state index contributed by atoms with van der Waals surface area (Å²) in [7, 11) is 0. The van der Waals surface area contributed by atoms with Gasteiger partial charge in [0, 0.05) is 27.7 Å². The lowest BCUT2D eigenvalue weighted by molar-refractivity contribution is 0.620. The highest BCUT2D eigenvalue weighted by molar-refractivity contribution is 6.00. The molecule has 0 saturated carbocycles. The maximum absolute atomic E-state index is 6.31. The Morgan fingerprint density at radius 2 is 1.19 bits per heavy atom. The molecule has 1 aliphatic rings. The number of hydrogen-bond donors (Lipinski definition) is 0. The summed E-state index contributed by atoms with van der Waals surface area (Å²) in [5.74, 6) is 0.616. The number of benzene rings is 7. The van der Waals surface area contributed by atoms with Crippen molar-refractivity contribution in [3.8, 4) is 33.7 Å². The molecule has 0 N–H and O–H groups in total. The second-order valence-corrected chi connectivity index (χ2v) is 12.8. The van der Waals surface area contributed by atoms with E-state index in [0.29, 0.717) is 5.89 Å². The lowest BCUT2D eigenvalue weighted by Gasteiger charge is -2.29. The Bertz CT molecular complexity index is 2430. The van der Waals surface area contributed by atoms with Crippen LogP contribution in [0.3, 0.4) is 0 Å². The van der Waals surface area contributed by atoms with Gasteiger partial charge >= 0.3 is 0 Å². The molecule has 0 atom stereocenters. The number of oxazole rings is 1. The molecule has 47 heavy (non-hydrogen) atoms. The third kappa shape index (κ3) is 4.46. The van der Waals surface area contributed by atoms with Crippen LogP contribution in [0.15, 0.2) is 162 Å². The van der Waals surface area contributed by atoms with E-state index in [2.05, 4.69) is 164 Å². The second-order valence-electron chi connectivity index (χ2n) is 12.8. The van der Waals surface area contributed by atoms with Gasteiger partial charge in [0.2, 0.25) is 5.89 Å². The van der Waals surface area contributed by atoms with Gasteiger partial charge in [-0.05, 0) is 87.3 Å². The number of nitrogens with zero attached hydrogens (tertiary/aromatic N) is 2. The molecule has 0 unspecified atom stereocenters. The van der Waals surface area contributed by atoms with Crippen molar-refractivity contribution in [2.75, 3.05) is 4.90 Å². The SMILES string of the molecule is CC1(C)c2ccccc2-c2ccc(N(c3ccc4oc(-c5ccc(-c6ccccc6)cc5)nc4c3)c3cccc4ccccc34)cc21. The Balaban J connectivity index is 1.17. The van der Waals surface area contributed by atoms with Gasteiger partial charge in [-0.15, -0.1) is 0 Å². The normalized spacial score (nSPS) is 13.1. The third-order valence-electron chi connectivity index (χ3n) is 9.70. The van der Waals surface area contributed by atoms with Crippen LogP contribution in [0.25, 0.3) is 55.6 Å². The van der Waals surface area contributed by atoms with E-state index in [1.807, 2.05) is 12.1 Å². The minimum absolute atomic E-state index is 0.104. The number of rotatable bonds is 5.